The van der Waals surface area contributed by atoms with Crippen molar-refractivity contribution < 1.29 is 14.6 Å². The molecule has 1 rings (SSSR count). The third-order valence-electron chi connectivity index (χ3n) is 5.87. The van der Waals surface area contributed by atoms with Crippen LogP contribution in [0.2, 0.25) is 0 Å². The van der Waals surface area contributed by atoms with Gasteiger partial charge in [-0.2, -0.15) is 0 Å². The van der Waals surface area contributed by atoms with E-state index < -0.39 is 5.60 Å². The lowest BCUT2D eigenvalue weighted by Gasteiger charge is -2.40. The van der Waals surface area contributed by atoms with Crippen LogP contribution in [0.3, 0.4) is 0 Å². The van der Waals surface area contributed by atoms with Crippen molar-refractivity contribution in [1.82, 2.24) is 4.90 Å². The highest BCUT2D eigenvalue weighted by Gasteiger charge is 2.45. The Morgan fingerprint density at radius 2 is 1.64 bits per heavy atom. The average molecular weight is 356 g/mol. The minimum Gasteiger partial charge on any atom is -0.464 e. The standard InChI is InChI=1S/C21H41NO3/c1-5-14-21(24,15-6-2)19(18-12-10-9-11-13-18)20(23)25-17-16-22(7-3)8-4/h18-19,24H,5-17H2,1-4H3. The normalized spacial score (nSPS) is 17.7. The Bertz CT molecular complexity index is 356. The zero-order chi connectivity index (χ0) is 18.7. The Morgan fingerprint density at radius 1 is 1.08 bits per heavy atom. The Labute approximate surface area is 155 Å². The Hall–Kier alpha value is -0.610. The molecule has 148 valence electrons. The first kappa shape index (κ1) is 22.4. The van der Waals surface area contributed by atoms with E-state index in [0.717, 1.165) is 45.3 Å². The summed E-state index contributed by atoms with van der Waals surface area (Å²) in [5.41, 5.74) is -0.905. The summed E-state index contributed by atoms with van der Waals surface area (Å²) >= 11 is 0. The van der Waals surface area contributed by atoms with Crippen LogP contribution in [0.25, 0.3) is 0 Å². The molecule has 0 saturated heterocycles. The van der Waals surface area contributed by atoms with Gasteiger partial charge in [-0.05, 0) is 44.7 Å². The summed E-state index contributed by atoms with van der Waals surface area (Å²) in [6.45, 7) is 11.6. The van der Waals surface area contributed by atoms with Gasteiger partial charge in [-0.25, -0.2) is 0 Å². The largest absolute Gasteiger partial charge is 0.464 e. The van der Waals surface area contributed by atoms with Crippen LogP contribution < -0.4 is 0 Å². The van der Waals surface area contributed by atoms with E-state index in [1.807, 2.05) is 0 Å². The molecular weight excluding hydrogens is 314 g/mol. The lowest BCUT2D eigenvalue weighted by atomic mass is 9.69. The lowest BCUT2D eigenvalue weighted by molar-refractivity contribution is -0.166. The van der Waals surface area contributed by atoms with E-state index in [4.69, 9.17) is 4.74 Å². The number of ether oxygens (including phenoxy) is 1. The molecule has 0 aliphatic heterocycles. The Kier molecular flexibility index (Phi) is 10.7. The van der Waals surface area contributed by atoms with E-state index in [9.17, 15) is 9.90 Å². The number of esters is 1. The highest BCUT2D eigenvalue weighted by Crippen LogP contribution is 2.41. The van der Waals surface area contributed by atoms with Crippen molar-refractivity contribution in [3.05, 3.63) is 0 Å². The number of rotatable bonds is 12. The van der Waals surface area contributed by atoms with Crippen molar-refractivity contribution >= 4 is 5.97 Å². The molecule has 0 spiro atoms. The van der Waals surface area contributed by atoms with E-state index >= 15 is 0 Å². The predicted molar refractivity (Wildman–Crippen MR) is 104 cm³/mol. The minimum atomic E-state index is -0.905. The fourth-order valence-corrected chi connectivity index (χ4v) is 4.52. The maximum Gasteiger partial charge on any atom is 0.312 e. The van der Waals surface area contributed by atoms with E-state index in [-0.39, 0.29) is 17.8 Å². The van der Waals surface area contributed by atoms with E-state index in [0.29, 0.717) is 19.4 Å². The zero-order valence-electron chi connectivity index (χ0n) is 17.1. The SMILES string of the molecule is CCCC(O)(CCC)C(C(=O)OCCN(CC)CC)C1CCCCC1. The number of nitrogens with zero attached hydrogens (tertiary/aromatic N) is 1. The molecule has 0 aromatic heterocycles. The number of carbonyl (C=O) groups excluding carboxylic acids is 1. The van der Waals surface area contributed by atoms with E-state index in [1.165, 1.54) is 19.3 Å². The van der Waals surface area contributed by atoms with Crippen LogP contribution in [0.1, 0.15) is 85.5 Å². The highest BCUT2D eigenvalue weighted by molar-refractivity contribution is 5.74. The first-order chi connectivity index (χ1) is 12.0. The Morgan fingerprint density at radius 3 is 2.12 bits per heavy atom. The monoisotopic (exact) mass is 355 g/mol. The quantitative estimate of drug-likeness (QED) is 0.527. The van der Waals surface area contributed by atoms with Gasteiger partial charge in [0.05, 0.1) is 11.5 Å². The van der Waals surface area contributed by atoms with Crippen molar-refractivity contribution in [2.75, 3.05) is 26.2 Å². The summed E-state index contributed by atoms with van der Waals surface area (Å²) in [6, 6.07) is 0. The third kappa shape index (κ3) is 6.90. The highest BCUT2D eigenvalue weighted by atomic mass is 16.5. The molecule has 0 heterocycles. The molecule has 1 fully saturated rings. The second-order valence-corrected chi connectivity index (χ2v) is 7.67. The summed E-state index contributed by atoms with van der Waals surface area (Å²) in [5, 5.41) is 11.4. The van der Waals surface area contributed by atoms with Gasteiger partial charge in [0.15, 0.2) is 0 Å². The van der Waals surface area contributed by atoms with Crippen LogP contribution in [0.5, 0.6) is 0 Å². The fraction of sp³-hybridized carbons (Fsp3) is 0.952. The van der Waals surface area contributed by atoms with Crippen molar-refractivity contribution in [3.63, 3.8) is 0 Å². The second kappa shape index (κ2) is 11.9. The van der Waals surface area contributed by atoms with Crippen LogP contribution in [0.15, 0.2) is 0 Å². The molecule has 1 aliphatic carbocycles. The smallest absolute Gasteiger partial charge is 0.312 e. The van der Waals surface area contributed by atoms with Gasteiger partial charge in [0, 0.05) is 6.54 Å². The number of likely N-dealkylation sites (N-methyl/N-ethyl adjacent to an activating group) is 1. The summed E-state index contributed by atoms with van der Waals surface area (Å²) in [6.07, 6.45) is 8.85. The third-order valence-corrected chi connectivity index (χ3v) is 5.87. The summed E-state index contributed by atoms with van der Waals surface area (Å²) in [7, 11) is 0. The van der Waals surface area contributed by atoms with Crippen molar-refractivity contribution in [1.29, 1.82) is 0 Å². The zero-order valence-corrected chi connectivity index (χ0v) is 17.1. The van der Waals surface area contributed by atoms with Crippen LogP contribution in [-0.2, 0) is 9.53 Å². The maximum atomic E-state index is 13.0. The van der Waals surface area contributed by atoms with Gasteiger partial charge in [-0.3, -0.25) is 4.79 Å². The van der Waals surface area contributed by atoms with Gasteiger partial charge >= 0.3 is 5.97 Å². The molecule has 0 radical (unpaired) electrons. The Balaban J connectivity index is 2.83. The van der Waals surface area contributed by atoms with Gasteiger partial charge in [0.2, 0.25) is 0 Å². The number of aliphatic hydroxyl groups is 1. The van der Waals surface area contributed by atoms with Crippen LogP contribution in [0, 0.1) is 11.8 Å². The molecule has 1 saturated carbocycles. The van der Waals surface area contributed by atoms with E-state index in [2.05, 4.69) is 32.6 Å². The lowest BCUT2D eigenvalue weighted by Crippen LogP contribution is -2.48. The molecule has 1 unspecified atom stereocenters. The van der Waals surface area contributed by atoms with Gasteiger partial charge in [-0.1, -0.05) is 59.8 Å². The molecule has 0 aromatic carbocycles. The van der Waals surface area contributed by atoms with Gasteiger partial charge < -0.3 is 14.7 Å². The average Bonchev–Trinajstić information content (AvgIpc) is 2.60. The van der Waals surface area contributed by atoms with Crippen LogP contribution in [-0.4, -0.2) is 47.8 Å². The molecule has 1 N–H and O–H groups in total. The summed E-state index contributed by atoms with van der Waals surface area (Å²) in [5.74, 6) is -0.245. The first-order valence-electron chi connectivity index (χ1n) is 10.6. The van der Waals surface area contributed by atoms with Crippen molar-refractivity contribution in [2.45, 2.75) is 91.1 Å². The molecule has 4 nitrogen and oxygen atoms in total. The maximum absolute atomic E-state index is 13.0. The van der Waals surface area contributed by atoms with Crippen molar-refractivity contribution in [3.8, 4) is 0 Å². The number of hydrogen-bond donors (Lipinski definition) is 1. The molecule has 0 amide bonds. The van der Waals surface area contributed by atoms with Crippen LogP contribution in [0.4, 0.5) is 0 Å². The molecule has 0 bridgehead atoms. The van der Waals surface area contributed by atoms with E-state index in [1.54, 1.807) is 0 Å². The molecule has 4 heteroatoms. The molecule has 1 atom stereocenters. The topological polar surface area (TPSA) is 49.8 Å². The number of carbonyl (C=O) groups is 1. The summed E-state index contributed by atoms with van der Waals surface area (Å²) < 4.78 is 5.69. The molecule has 25 heavy (non-hydrogen) atoms. The second-order valence-electron chi connectivity index (χ2n) is 7.67. The van der Waals surface area contributed by atoms with Gasteiger partial charge in [0.25, 0.3) is 0 Å². The van der Waals surface area contributed by atoms with Crippen LogP contribution >= 0.6 is 0 Å². The number of hydrogen-bond acceptors (Lipinski definition) is 4. The van der Waals surface area contributed by atoms with Gasteiger partial charge in [0.1, 0.15) is 6.61 Å². The van der Waals surface area contributed by atoms with Crippen molar-refractivity contribution in [2.24, 2.45) is 11.8 Å². The fourth-order valence-electron chi connectivity index (χ4n) is 4.52. The molecule has 0 aromatic rings. The molecular formula is C21H41NO3. The molecule has 1 aliphatic rings. The van der Waals surface area contributed by atoms with Gasteiger partial charge in [-0.15, -0.1) is 0 Å². The minimum absolute atomic E-state index is 0.163. The predicted octanol–water partition coefficient (Wildman–Crippen LogP) is 4.40. The summed E-state index contributed by atoms with van der Waals surface area (Å²) in [4.78, 5) is 15.3. The first-order valence-corrected chi connectivity index (χ1v) is 10.6.